The second-order valence-corrected chi connectivity index (χ2v) is 6.95. The molecule has 1 aromatic rings. The van der Waals surface area contributed by atoms with Crippen LogP contribution in [0.5, 0.6) is 0 Å². The van der Waals surface area contributed by atoms with Gasteiger partial charge in [-0.1, -0.05) is 0 Å². The van der Waals surface area contributed by atoms with E-state index in [0.717, 1.165) is 37.4 Å². The first-order chi connectivity index (χ1) is 11.3. The zero-order valence-electron chi connectivity index (χ0n) is 13.5. The summed E-state index contributed by atoms with van der Waals surface area (Å²) in [6, 6.07) is 0. The van der Waals surface area contributed by atoms with Crippen molar-refractivity contribution in [2.45, 2.75) is 44.8 Å². The molecule has 23 heavy (non-hydrogen) atoms. The summed E-state index contributed by atoms with van der Waals surface area (Å²) in [6.07, 6.45) is 7.27. The predicted octanol–water partition coefficient (Wildman–Crippen LogP) is 1.45. The fourth-order valence-corrected chi connectivity index (χ4v) is 3.44. The van der Waals surface area contributed by atoms with Crippen LogP contribution in [-0.2, 0) is 27.2 Å². The molecule has 0 aromatic carbocycles. The monoisotopic (exact) mass is 319 g/mol. The Kier molecular flexibility index (Phi) is 4.35. The molecular formula is C17H25N3O3. The number of carbonyl (C=O) groups excluding carboxylic acids is 1. The molecule has 1 saturated heterocycles. The van der Waals surface area contributed by atoms with Crippen molar-refractivity contribution in [3.8, 4) is 0 Å². The minimum Gasteiger partial charge on any atom is -0.381 e. The molecular weight excluding hydrogens is 294 g/mol. The van der Waals surface area contributed by atoms with Crippen molar-refractivity contribution < 1.29 is 14.3 Å². The Labute approximate surface area is 136 Å². The standard InChI is InChI=1S/C17H25N3O3/c21-17(13-3-6-22-7-4-13)18-9-15-16-14(5-8-23-15)11-20(19-16)10-12-1-2-12/h11-13,15H,1-10H2,(H,18,21)/t15-/m0/s1. The van der Waals surface area contributed by atoms with E-state index in [1.165, 1.54) is 18.4 Å². The zero-order chi connectivity index (χ0) is 15.6. The van der Waals surface area contributed by atoms with Crippen molar-refractivity contribution in [1.29, 1.82) is 0 Å². The van der Waals surface area contributed by atoms with Gasteiger partial charge in [0.25, 0.3) is 0 Å². The first-order valence-corrected chi connectivity index (χ1v) is 8.83. The molecule has 1 amide bonds. The number of nitrogens with zero attached hydrogens (tertiary/aromatic N) is 2. The Balaban J connectivity index is 1.36. The van der Waals surface area contributed by atoms with Crippen molar-refractivity contribution in [1.82, 2.24) is 15.1 Å². The molecule has 6 nitrogen and oxygen atoms in total. The maximum atomic E-state index is 12.3. The molecule has 6 heteroatoms. The van der Waals surface area contributed by atoms with E-state index >= 15 is 0 Å². The van der Waals surface area contributed by atoms with Crippen molar-refractivity contribution >= 4 is 5.91 Å². The van der Waals surface area contributed by atoms with E-state index in [9.17, 15) is 4.79 Å². The zero-order valence-corrected chi connectivity index (χ0v) is 13.5. The van der Waals surface area contributed by atoms with Gasteiger partial charge in [-0.15, -0.1) is 0 Å². The van der Waals surface area contributed by atoms with Gasteiger partial charge < -0.3 is 14.8 Å². The number of hydrogen-bond acceptors (Lipinski definition) is 4. The number of hydrogen-bond donors (Lipinski definition) is 1. The smallest absolute Gasteiger partial charge is 0.223 e. The first kappa shape index (κ1) is 15.1. The molecule has 1 N–H and O–H groups in total. The number of aromatic nitrogens is 2. The average molecular weight is 319 g/mol. The molecule has 1 saturated carbocycles. The Hall–Kier alpha value is -1.40. The van der Waals surface area contributed by atoms with Gasteiger partial charge in [-0.2, -0.15) is 5.10 Å². The molecule has 0 radical (unpaired) electrons. The molecule has 0 unspecified atom stereocenters. The normalized spacial score (nSPS) is 25.1. The van der Waals surface area contributed by atoms with Crippen LogP contribution in [0.3, 0.4) is 0 Å². The predicted molar refractivity (Wildman–Crippen MR) is 83.9 cm³/mol. The summed E-state index contributed by atoms with van der Waals surface area (Å²) in [5.41, 5.74) is 2.30. The van der Waals surface area contributed by atoms with Crippen LogP contribution in [0.15, 0.2) is 6.20 Å². The molecule has 0 bridgehead atoms. The van der Waals surface area contributed by atoms with E-state index in [4.69, 9.17) is 14.6 Å². The first-order valence-electron chi connectivity index (χ1n) is 8.83. The van der Waals surface area contributed by atoms with Gasteiger partial charge in [0.2, 0.25) is 5.91 Å². The van der Waals surface area contributed by atoms with Gasteiger partial charge in [0, 0.05) is 38.4 Å². The maximum absolute atomic E-state index is 12.3. The summed E-state index contributed by atoms with van der Waals surface area (Å²) >= 11 is 0. The van der Waals surface area contributed by atoms with E-state index < -0.39 is 0 Å². The molecule has 1 aromatic heterocycles. The quantitative estimate of drug-likeness (QED) is 0.892. The Morgan fingerprint density at radius 1 is 1.26 bits per heavy atom. The van der Waals surface area contributed by atoms with Gasteiger partial charge >= 0.3 is 0 Å². The van der Waals surface area contributed by atoms with Gasteiger partial charge in [0.1, 0.15) is 6.10 Å². The number of ether oxygens (including phenoxy) is 2. The van der Waals surface area contributed by atoms with E-state index in [1.807, 2.05) is 0 Å². The molecule has 3 heterocycles. The molecule has 4 rings (SSSR count). The van der Waals surface area contributed by atoms with E-state index in [0.29, 0.717) is 26.4 Å². The summed E-state index contributed by atoms with van der Waals surface area (Å²) < 4.78 is 13.2. The molecule has 1 aliphatic carbocycles. The second-order valence-electron chi connectivity index (χ2n) is 6.95. The molecule has 2 aliphatic heterocycles. The minimum absolute atomic E-state index is 0.0826. The summed E-state index contributed by atoms with van der Waals surface area (Å²) in [4.78, 5) is 12.3. The number of rotatable bonds is 5. The van der Waals surface area contributed by atoms with Gasteiger partial charge in [0.15, 0.2) is 0 Å². The van der Waals surface area contributed by atoms with Gasteiger partial charge in [0.05, 0.1) is 12.3 Å². The lowest BCUT2D eigenvalue weighted by molar-refractivity contribution is -0.128. The van der Waals surface area contributed by atoms with Crippen molar-refractivity contribution in [3.63, 3.8) is 0 Å². The summed E-state index contributed by atoms with van der Waals surface area (Å²) in [5.74, 6) is 1.02. The number of carbonyl (C=O) groups is 1. The molecule has 2 fully saturated rings. The van der Waals surface area contributed by atoms with Gasteiger partial charge in [-0.3, -0.25) is 9.48 Å². The highest BCUT2D eigenvalue weighted by Crippen LogP contribution is 2.32. The van der Waals surface area contributed by atoms with Crippen LogP contribution in [0.4, 0.5) is 0 Å². The molecule has 1 atom stereocenters. The van der Waals surface area contributed by atoms with Crippen LogP contribution < -0.4 is 5.32 Å². The van der Waals surface area contributed by atoms with Crippen LogP contribution in [-0.4, -0.2) is 42.1 Å². The highest BCUT2D eigenvalue weighted by atomic mass is 16.5. The van der Waals surface area contributed by atoms with Gasteiger partial charge in [-0.05, 0) is 43.6 Å². The maximum Gasteiger partial charge on any atom is 0.223 e. The second kappa shape index (κ2) is 6.61. The lowest BCUT2D eigenvalue weighted by atomic mass is 9.99. The Bertz CT molecular complexity index is 561. The molecule has 3 aliphatic rings. The summed E-state index contributed by atoms with van der Waals surface area (Å²) in [6.45, 7) is 3.62. The topological polar surface area (TPSA) is 65.4 Å². The fourth-order valence-electron chi connectivity index (χ4n) is 3.44. The van der Waals surface area contributed by atoms with Crippen LogP contribution in [0.2, 0.25) is 0 Å². The minimum atomic E-state index is -0.108. The third kappa shape index (κ3) is 3.58. The number of amides is 1. The highest BCUT2D eigenvalue weighted by molar-refractivity contribution is 5.78. The molecule has 0 spiro atoms. The van der Waals surface area contributed by atoms with Crippen LogP contribution in [0.1, 0.15) is 43.0 Å². The van der Waals surface area contributed by atoms with Crippen molar-refractivity contribution in [2.24, 2.45) is 11.8 Å². The van der Waals surface area contributed by atoms with Crippen LogP contribution in [0.25, 0.3) is 0 Å². The SMILES string of the molecule is O=C(NC[C@@H]1OCCc2cn(CC3CC3)nc21)C1CCOCC1. The van der Waals surface area contributed by atoms with E-state index in [2.05, 4.69) is 16.2 Å². The van der Waals surface area contributed by atoms with Crippen molar-refractivity contribution in [3.05, 3.63) is 17.5 Å². The largest absolute Gasteiger partial charge is 0.381 e. The van der Waals surface area contributed by atoms with Crippen LogP contribution in [0, 0.1) is 11.8 Å². The lowest BCUT2D eigenvalue weighted by Gasteiger charge is -2.25. The number of fused-ring (bicyclic) bond motifs is 1. The lowest BCUT2D eigenvalue weighted by Crippen LogP contribution is -2.37. The fraction of sp³-hybridized carbons (Fsp3) is 0.765. The van der Waals surface area contributed by atoms with E-state index in [1.54, 1.807) is 0 Å². The van der Waals surface area contributed by atoms with Gasteiger partial charge in [-0.25, -0.2) is 0 Å². The summed E-state index contributed by atoms with van der Waals surface area (Å²) in [5, 5.41) is 7.78. The average Bonchev–Trinajstić information content (AvgIpc) is 3.29. The van der Waals surface area contributed by atoms with Crippen LogP contribution >= 0.6 is 0 Å². The molecule has 126 valence electrons. The summed E-state index contributed by atoms with van der Waals surface area (Å²) in [7, 11) is 0. The third-order valence-electron chi connectivity index (χ3n) is 5.06. The Morgan fingerprint density at radius 2 is 2.09 bits per heavy atom. The Morgan fingerprint density at radius 3 is 2.87 bits per heavy atom. The third-order valence-corrected chi connectivity index (χ3v) is 5.06. The van der Waals surface area contributed by atoms with Crippen molar-refractivity contribution in [2.75, 3.05) is 26.4 Å². The van der Waals surface area contributed by atoms with E-state index in [-0.39, 0.29) is 17.9 Å². The number of nitrogens with one attached hydrogen (secondary N) is 1. The highest BCUT2D eigenvalue weighted by Gasteiger charge is 2.29.